The van der Waals surface area contributed by atoms with E-state index in [1.54, 1.807) is 0 Å². The first kappa shape index (κ1) is 48.6. The quantitative estimate of drug-likeness (QED) is 0.0499. The number of hydrogen-bond acceptors (Lipinski definition) is 8. The molecule has 10 heteroatoms. The average molecular weight is 874 g/mol. The third-order valence-electron chi connectivity index (χ3n) is 12.7. The van der Waals surface area contributed by atoms with E-state index in [1.165, 1.54) is 81.9 Å². The monoisotopic (exact) mass is 874 g/mol. The number of likely N-dealkylation sites (tertiary alicyclic amines) is 1. The topological polar surface area (TPSA) is 118 Å². The van der Waals surface area contributed by atoms with Crippen molar-refractivity contribution in [3.05, 3.63) is 131 Å². The number of carbonyl (C=O) groups is 3. The van der Waals surface area contributed by atoms with Crippen LogP contribution in [0.25, 0.3) is 11.1 Å². The zero-order valence-corrected chi connectivity index (χ0v) is 38.4. The van der Waals surface area contributed by atoms with Gasteiger partial charge < -0.3 is 29.5 Å². The smallest absolute Gasteiger partial charge is 0.408 e. The van der Waals surface area contributed by atoms with Crippen LogP contribution >= 0.6 is 0 Å². The Kier molecular flexibility index (Phi) is 19.4. The lowest BCUT2D eigenvalue weighted by Gasteiger charge is -2.43. The Bertz CT molecular complexity index is 2030. The molecule has 0 radical (unpaired) electrons. The molecule has 0 saturated carbocycles. The van der Waals surface area contributed by atoms with Crippen molar-refractivity contribution in [2.24, 2.45) is 5.92 Å². The van der Waals surface area contributed by atoms with Gasteiger partial charge in [-0.3, -0.25) is 14.5 Å². The molecule has 0 aliphatic carbocycles. The fraction of sp³-hybridized carbons (Fsp3) is 0.500. The number of alkyl carbamates (subject to hydrolysis) is 1. The molecule has 1 unspecified atom stereocenters. The summed E-state index contributed by atoms with van der Waals surface area (Å²) in [5, 5.41) is 12.4. The summed E-state index contributed by atoms with van der Waals surface area (Å²) in [4.78, 5) is 42.8. The van der Waals surface area contributed by atoms with Gasteiger partial charge in [-0.25, -0.2) is 4.79 Å². The molecule has 0 bridgehead atoms. The molecule has 0 aromatic heterocycles. The second kappa shape index (κ2) is 25.6. The zero-order valence-electron chi connectivity index (χ0n) is 38.4. The normalized spacial score (nSPS) is 20.0. The van der Waals surface area contributed by atoms with E-state index in [2.05, 4.69) is 55.3 Å². The number of rotatable bonds is 25. The molecule has 2 N–H and O–H groups in total. The van der Waals surface area contributed by atoms with Crippen LogP contribution in [0.3, 0.4) is 0 Å². The molecule has 3 amide bonds. The van der Waals surface area contributed by atoms with Crippen LogP contribution in [-0.2, 0) is 43.6 Å². The SMILES string of the molecule is CCCCCCCCN(CCCCCCCC)C[C@@H]1O[C@H](c2cccc(-c3cccc(CN4C(=O)CC(NC(=O)OCc5ccccc5)C4=O)c3)c2)O[C@H](c2ccc(CO)cc2)[C@@H]1C. The predicted molar refractivity (Wildman–Crippen MR) is 252 cm³/mol. The first-order valence-electron chi connectivity index (χ1n) is 24.0. The van der Waals surface area contributed by atoms with E-state index in [4.69, 9.17) is 14.2 Å². The number of hydrogen-bond donors (Lipinski definition) is 2. The van der Waals surface area contributed by atoms with Crippen molar-refractivity contribution >= 4 is 17.9 Å². The fourth-order valence-corrected chi connectivity index (χ4v) is 8.87. The van der Waals surface area contributed by atoms with Gasteiger partial charge in [0, 0.05) is 18.0 Å². The zero-order chi connectivity index (χ0) is 45.1. The van der Waals surface area contributed by atoms with E-state index in [1.807, 2.05) is 78.9 Å². The van der Waals surface area contributed by atoms with Crippen LogP contribution in [0.2, 0.25) is 0 Å². The summed E-state index contributed by atoms with van der Waals surface area (Å²) < 4.78 is 19.2. The maximum atomic E-state index is 13.4. The van der Waals surface area contributed by atoms with Crippen molar-refractivity contribution in [2.45, 2.75) is 149 Å². The molecule has 2 aliphatic rings. The first-order valence-corrected chi connectivity index (χ1v) is 24.0. The van der Waals surface area contributed by atoms with Gasteiger partial charge in [0.05, 0.1) is 31.8 Å². The number of ether oxygens (including phenoxy) is 3. The van der Waals surface area contributed by atoms with Crippen molar-refractivity contribution in [3.8, 4) is 11.1 Å². The summed E-state index contributed by atoms with van der Waals surface area (Å²) in [6.45, 7) is 9.87. The van der Waals surface area contributed by atoms with E-state index in [0.717, 1.165) is 58.6 Å². The standard InChI is InChI=1S/C54H71N3O7/c1-4-6-8-10-12-17-31-56(32-18-13-11-9-7-5-2)37-49-40(3)51(44-29-27-41(38-58)28-30-44)64-53(63-49)47-26-20-25-46(34-47)45-24-19-23-43(33-45)36-57-50(59)35-48(52(57)60)55-54(61)62-39-42-21-15-14-16-22-42/h14-16,19-30,33-34,40,48-49,51,53,58H,4-13,17-18,31-32,35-39H2,1-3H3,(H,55,61)/t40-,48?,49+,51+,53+/m1/s1. The van der Waals surface area contributed by atoms with Crippen LogP contribution in [0.1, 0.15) is 144 Å². The Morgan fingerprint density at radius 1 is 0.719 bits per heavy atom. The Morgan fingerprint density at radius 3 is 2.02 bits per heavy atom. The van der Waals surface area contributed by atoms with Gasteiger partial charge in [-0.2, -0.15) is 0 Å². The number of nitrogens with zero attached hydrogens (tertiary/aromatic N) is 2. The lowest BCUT2D eigenvalue weighted by molar-refractivity contribution is -0.276. The summed E-state index contributed by atoms with van der Waals surface area (Å²) in [5.74, 6) is -0.722. The Hall–Kier alpha value is -4.87. The Morgan fingerprint density at radius 2 is 1.34 bits per heavy atom. The number of aliphatic hydroxyl groups excluding tert-OH is 1. The van der Waals surface area contributed by atoms with Crippen molar-refractivity contribution in [1.82, 2.24) is 15.1 Å². The molecule has 5 atom stereocenters. The molecular weight excluding hydrogens is 803 g/mol. The molecule has 0 spiro atoms. The summed E-state index contributed by atoms with van der Waals surface area (Å²) in [7, 11) is 0. The maximum absolute atomic E-state index is 13.4. The molecule has 2 aliphatic heterocycles. The maximum Gasteiger partial charge on any atom is 0.408 e. The third kappa shape index (κ3) is 14.3. The summed E-state index contributed by atoms with van der Waals surface area (Å²) in [6.07, 6.45) is 13.4. The molecule has 10 nitrogen and oxygen atoms in total. The van der Waals surface area contributed by atoms with Crippen LogP contribution in [-0.4, -0.2) is 64.6 Å². The molecule has 344 valence electrons. The van der Waals surface area contributed by atoms with Gasteiger partial charge in [-0.05, 0) is 71.4 Å². The second-order valence-corrected chi connectivity index (χ2v) is 17.8. The van der Waals surface area contributed by atoms with Crippen LogP contribution < -0.4 is 5.32 Å². The predicted octanol–water partition coefficient (Wildman–Crippen LogP) is 11.2. The lowest BCUT2D eigenvalue weighted by Crippen LogP contribution is -2.45. The van der Waals surface area contributed by atoms with E-state index in [9.17, 15) is 19.5 Å². The number of aliphatic hydroxyl groups is 1. The van der Waals surface area contributed by atoms with Gasteiger partial charge >= 0.3 is 6.09 Å². The van der Waals surface area contributed by atoms with Gasteiger partial charge in [-0.15, -0.1) is 0 Å². The van der Waals surface area contributed by atoms with Crippen molar-refractivity contribution in [3.63, 3.8) is 0 Å². The van der Waals surface area contributed by atoms with Crippen LogP contribution in [0.15, 0.2) is 103 Å². The van der Waals surface area contributed by atoms with E-state index in [-0.39, 0.29) is 50.2 Å². The molecule has 2 saturated heterocycles. The van der Waals surface area contributed by atoms with E-state index < -0.39 is 24.3 Å². The number of unbranched alkanes of at least 4 members (excludes halogenated alkanes) is 10. The van der Waals surface area contributed by atoms with Crippen molar-refractivity contribution in [2.75, 3.05) is 19.6 Å². The highest BCUT2D eigenvalue weighted by Gasteiger charge is 2.41. The number of carbonyl (C=O) groups excluding carboxylic acids is 3. The lowest BCUT2D eigenvalue weighted by atomic mass is 9.89. The van der Waals surface area contributed by atoms with Gasteiger partial charge in [0.25, 0.3) is 5.91 Å². The number of benzene rings is 4. The molecule has 2 heterocycles. The Balaban J connectivity index is 1.15. The molecule has 64 heavy (non-hydrogen) atoms. The number of nitrogens with one attached hydrogen (secondary N) is 1. The fourth-order valence-electron chi connectivity index (χ4n) is 8.87. The van der Waals surface area contributed by atoms with Crippen molar-refractivity contribution < 1.29 is 33.7 Å². The third-order valence-corrected chi connectivity index (χ3v) is 12.7. The highest BCUT2D eigenvalue weighted by atomic mass is 16.7. The minimum Gasteiger partial charge on any atom is -0.445 e. The molecule has 6 rings (SSSR count). The highest BCUT2D eigenvalue weighted by molar-refractivity contribution is 6.06. The molecule has 2 fully saturated rings. The van der Waals surface area contributed by atoms with Crippen LogP contribution in [0.4, 0.5) is 4.79 Å². The summed E-state index contributed by atoms with van der Waals surface area (Å²) >= 11 is 0. The van der Waals surface area contributed by atoms with Crippen molar-refractivity contribution in [1.29, 1.82) is 0 Å². The van der Waals surface area contributed by atoms with Gasteiger partial charge in [0.15, 0.2) is 6.29 Å². The van der Waals surface area contributed by atoms with Crippen LogP contribution in [0.5, 0.6) is 0 Å². The van der Waals surface area contributed by atoms with Gasteiger partial charge in [0.1, 0.15) is 12.6 Å². The minimum absolute atomic E-state index is 0.00998. The minimum atomic E-state index is -0.979. The van der Waals surface area contributed by atoms with E-state index in [0.29, 0.717) is 0 Å². The summed E-state index contributed by atoms with van der Waals surface area (Å²) in [5.41, 5.74) is 6.34. The molecule has 4 aromatic rings. The average Bonchev–Trinajstić information content (AvgIpc) is 3.58. The van der Waals surface area contributed by atoms with Gasteiger partial charge in [-0.1, -0.05) is 176 Å². The molecular formula is C54H71N3O7. The highest BCUT2D eigenvalue weighted by Crippen LogP contribution is 2.42. The molecule has 4 aromatic carbocycles. The first-order chi connectivity index (χ1) is 31.3. The summed E-state index contributed by atoms with van der Waals surface area (Å²) in [6, 6.07) is 32.5. The Labute approximate surface area is 381 Å². The number of imide groups is 1. The largest absolute Gasteiger partial charge is 0.445 e. The van der Waals surface area contributed by atoms with E-state index >= 15 is 0 Å². The number of amides is 3. The van der Waals surface area contributed by atoms with Gasteiger partial charge in [0.2, 0.25) is 5.91 Å². The second-order valence-electron chi connectivity index (χ2n) is 17.8. The van der Waals surface area contributed by atoms with Crippen LogP contribution in [0, 0.1) is 5.92 Å².